The van der Waals surface area contributed by atoms with Crippen molar-refractivity contribution in [1.29, 1.82) is 0 Å². The molecule has 18 heavy (non-hydrogen) atoms. The fraction of sp³-hybridized carbons (Fsp3) is 0.727. The summed E-state index contributed by atoms with van der Waals surface area (Å²) in [6.07, 6.45) is 0.794. The van der Waals surface area contributed by atoms with Crippen molar-refractivity contribution >= 4 is 17.8 Å². The van der Waals surface area contributed by atoms with Gasteiger partial charge in [0.2, 0.25) is 17.5 Å². The van der Waals surface area contributed by atoms with Gasteiger partial charge < -0.3 is 15.3 Å². The van der Waals surface area contributed by atoms with E-state index in [1.807, 2.05) is 6.92 Å². The number of likely N-dealkylation sites (tertiary alicyclic amines) is 1. The Morgan fingerprint density at radius 3 is 2.61 bits per heavy atom. The number of nitrogens with one attached hydrogen (secondary N) is 1. The molecular weight excluding hydrogens is 243 g/mol. The zero-order valence-corrected chi connectivity index (χ0v) is 10.2. The van der Waals surface area contributed by atoms with Crippen LogP contribution in [-0.4, -0.2) is 53.1 Å². The summed E-state index contributed by atoms with van der Waals surface area (Å²) < 4.78 is 13.7. The zero-order valence-electron chi connectivity index (χ0n) is 10.2. The highest BCUT2D eigenvalue weighted by molar-refractivity contribution is 5.86. The van der Waals surface area contributed by atoms with Crippen LogP contribution in [0.4, 0.5) is 4.39 Å². The molecule has 1 fully saturated rings. The number of carbonyl (C=O) groups excluding carboxylic acids is 2. The van der Waals surface area contributed by atoms with Crippen LogP contribution in [0.5, 0.6) is 0 Å². The van der Waals surface area contributed by atoms with Crippen molar-refractivity contribution in [1.82, 2.24) is 10.2 Å². The van der Waals surface area contributed by atoms with Gasteiger partial charge in [-0.25, -0.2) is 9.18 Å². The van der Waals surface area contributed by atoms with Gasteiger partial charge in [0.05, 0.1) is 13.1 Å². The van der Waals surface area contributed by atoms with Crippen LogP contribution < -0.4 is 5.32 Å². The average Bonchev–Trinajstić information content (AvgIpc) is 2.71. The molecule has 1 unspecified atom stereocenters. The monoisotopic (exact) mass is 260 g/mol. The van der Waals surface area contributed by atoms with Crippen LogP contribution >= 0.6 is 0 Å². The van der Waals surface area contributed by atoms with Gasteiger partial charge in [0, 0.05) is 19.4 Å². The number of amides is 2. The number of carbonyl (C=O) groups is 3. The highest BCUT2D eigenvalue weighted by Crippen LogP contribution is 2.25. The number of alkyl halides is 1. The molecule has 0 aliphatic carbocycles. The van der Waals surface area contributed by atoms with Crippen LogP contribution in [0.15, 0.2) is 0 Å². The first kappa shape index (κ1) is 14.4. The van der Waals surface area contributed by atoms with Gasteiger partial charge in [-0.2, -0.15) is 0 Å². The number of hydrogen-bond acceptors (Lipinski definition) is 3. The lowest BCUT2D eigenvalue weighted by Gasteiger charge is -2.17. The molecule has 1 rings (SSSR count). The van der Waals surface area contributed by atoms with Gasteiger partial charge in [0.1, 0.15) is 0 Å². The van der Waals surface area contributed by atoms with Crippen molar-refractivity contribution in [2.75, 3.05) is 19.6 Å². The van der Waals surface area contributed by atoms with E-state index in [-0.39, 0.29) is 25.4 Å². The molecule has 1 saturated heterocycles. The lowest BCUT2D eigenvalue weighted by atomic mass is 10.1. The predicted molar refractivity (Wildman–Crippen MR) is 60.6 cm³/mol. The van der Waals surface area contributed by atoms with Crippen molar-refractivity contribution < 1.29 is 23.9 Å². The number of hydrogen-bond donors (Lipinski definition) is 2. The fourth-order valence-electron chi connectivity index (χ4n) is 1.76. The second kappa shape index (κ2) is 5.79. The molecule has 102 valence electrons. The van der Waals surface area contributed by atoms with Gasteiger partial charge in [-0.1, -0.05) is 6.92 Å². The Kier molecular flexibility index (Phi) is 4.63. The van der Waals surface area contributed by atoms with E-state index in [1.165, 1.54) is 0 Å². The van der Waals surface area contributed by atoms with Crippen molar-refractivity contribution in [3.05, 3.63) is 0 Å². The molecular formula is C11H17FN2O4. The van der Waals surface area contributed by atoms with Gasteiger partial charge in [-0.15, -0.1) is 0 Å². The van der Waals surface area contributed by atoms with Crippen LogP contribution in [0.1, 0.15) is 26.2 Å². The summed E-state index contributed by atoms with van der Waals surface area (Å²) in [6.45, 7) is 1.23. The number of carboxylic acids is 1. The summed E-state index contributed by atoms with van der Waals surface area (Å²) in [4.78, 5) is 34.5. The van der Waals surface area contributed by atoms with E-state index >= 15 is 0 Å². The van der Waals surface area contributed by atoms with Crippen LogP contribution in [0.25, 0.3) is 0 Å². The maximum atomic E-state index is 13.7. The Balaban J connectivity index is 2.41. The smallest absolute Gasteiger partial charge is 0.343 e. The molecule has 0 aromatic rings. The van der Waals surface area contributed by atoms with Crippen LogP contribution in [0, 0.1) is 0 Å². The molecule has 1 atom stereocenters. The van der Waals surface area contributed by atoms with Crippen LogP contribution in [0.3, 0.4) is 0 Å². The number of carboxylic acid groups (broad SMARTS) is 1. The molecule has 0 radical (unpaired) electrons. The molecule has 1 aliphatic heterocycles. The van der Waals surface area contributed by atoms with E-state index in [1.54, 1.807) is 0 Å². The average molecular weight is 260 g/mol. The summed E-state index contributed by atoms with van der Waals surface area (Å²) in [6, 6.07) is 0. The standard InChI is InChI=1S/C11H17FN2O4/c1-2-3-8(15)13-6-9(16)14-5-4-11(12,7-14)10(17)18/h2-7H2,1H3,(H,13,15)(H,17,18). The molecule has 2 amide bonds. The molecule has 1 aliphatic rings. The Morgan fingerprint density at radius 2 is 2.11 bits per heavy atom. The minimum absolute atomic E-state index is 0.0608. The van der Waals surface area contributed by atoms with Gasteiger partial charge in [-0.3, -0.25) is 9.59 Å². The number of aliphatic carboxylic acids is 1. The molecule has 6 nitrogen and oxygen atoms in total. The molecule has 2 N–H and O–H groups in total. The highest BCUT2D eigenvalue weighted by atomic mass is 19.1. The molecule has 1 heterocycles. The van der Waals surface area contributed by atoms with Crippen LogP contribution in [0.2, 0.25) is 0 Å². The normalized spacial score (nSPS) is 22.9. The number of nitrogens with zero attached hydrogens (tertiary/aromatic N) is 1. The van der Waals surface area contributed by atoms with Gasteiger partial charge in [-0.05, 0) is 6.42 Å². The first-order chi connectivity index (χ1) is 8.39. The molecule has 7 heteroatoms. The molecule has 0 saturated carbocycles. The van der Waals surface area contributed by atoms with Crippen molar-refractivity contribution in [3.63, 3.8) is 0 Å². The SMILES string of the molecule is CCCC(=O)NCC(=O)N1CCC(F)(C(=O)O)C1. The Labute approximate surface area is 104 Å². The topological polar surface area (TPSA) is 86.7 Å². The largest absolute Gasteiger partial charge is 0.479 e. The molecule has 0 aromatic heterocycles. The minimum atomic E-state index is -2.36. The summed E-state index contributed by atoms with van der Waals surface area (Å²) >= 11 is 0. The first-order valence-corrected chi connectivity index (χ1v) is 5.86. The summed E-state index contributed by atoms with van der Waals surface area (Å²) in [7, 11) is 0. The predicted octanol–water partition coefficient (Wildman–Crippen LogP) is -0.0721. The third-order valence-electron chi connectivity index (χ3n) is 2.87. The lowest BCUT2D eigenvalue weighted by molar-refractivity contribution is -0.150. The Hall–Kier alpha value is -1.66. The Morgan fingerprint density at radius 1 is 1.44 bits per heavy atom. The fourth-order valence-corrected chi connectivity index (χ4v) is 1.76. The quantitative estimate of drug-likeness (QED) is 0.724. The summed E-state index contributed by atoms with van der Waals surface area (Å²) in [5.41, 5.74) is -2.36. The second-order valence-electron chi connectivity index (χ2n) is 4.36. The summed E-state index contributed by atoms with van der Waals surface area (Å²) in [5.74, 6) is -2.25. The zero-order chi connectivity index (χ0) is 13.8. The van der Waals surface area contributed by atoms with Crippen molar-refractivity contribution in [2.45, 2.75) is 31.9 Å². The second-order valence-corrected chi connectivity index (χ2v) is 4.36. The number of rotatable bonds is 5. The Bertz CT molecular complexity index is 361. The van der Waals surface area contributed by atoms with E-state index in [2.05, 4.69) is 5.32 Å². The van der Waals surface area contributed by atoms with E-state index in [0.29, 0.717) is 12.8 Å². The van der Waals surface area contributed by atoms with Crippen molar-refractivity contribution in [2.24, 2.45) is 0 Å². The molecule has 0 aromatic carbocycles. The molecule has 0 bridgehead atoms. The third-order valence-corrected chi connectivity index (χ3v) is 2.87. The van der Waals surface area contributed by atoms with E-state index in [4.69, 9.17) is 5.11 Å². The summed E-state index contributed by atoms with van der Waals surface area (Å²) in [5, 5.41) is 11.1. The maximum Gasteiger partial charge on any atom is 0.343 e. The maximum absolute atomic E-state index is 13.7. The van der Waals surface area contributed by atoms with Gasteiger partial charge in [0.15, 0.2) is 0 Å². The van der Waals surface area contributed by atoms with Crippen LogP contribution in [-0.2, 0) is 14.4 Å². The minimum Gasteiger partial charge on any atom is -0.479 e. The van der Waals surface area contributed by atoms with Gasteiger partial charge in [0.25, 0.3) is 0 Å². The van der Waals surface area contributed by atoms with Gasteiger partial charge >= 0.3 is 5.97 Å². The first-order valence-electron chi connectivity index (χ1n) is 5.86. The third kappa shape index (κ3) is 3.41. The van der Waals surface area contributed by atoms with E-state index in [0.717, 1.165) is 4.90 Å². The lowest BCUT2D eigenvalue weighted by Crippen LogP contribution is -2.42. The number of halogens is 1. The van der Waals surface area contributed by atoms with E-state index in [9.17, 15) is 18.8 Å². The van der Waals surface area contributed by atoms with E-state index < -0.39 is 24.1 Å². The highest BCUT2D eigenvalue weighted by Gasteiger charge is 2.46. The molecule has 0 spiro atoms. The van der Waals surface area contributed by atoms with Crippen molar-refractivity contribution in [3.8, 4) is 0 Å².